The Hall–Kier alpha value is -3.44. The molecular formula is C24H24N4O4. The van der Waals surface area contributed by atoms with Crippen LogP contribution in [0.15, 0.2) is 30.3 Å². The Morgan fingerprint density at radius 2 is 2.00 bits per heavy atom. The van der Waals surface area contributed by atoms with Crippen LogP contribution in [0.2, 0.25) is 0 Å². The van der Waals surface area contributed by atoms with Gasteiger partial charge in [0.1, 0.15) is 17.0 Å². The third-order valence-electron chi connectivity index (χ3n) is 7.20. The molecule has 0 saturated carbocycles. The lowest BCUT2D eigenvalue weighted by atomic mass is 9.80. The average Bonchev–Trinajstić information content (AvgIpc) is 2.78. The van der Waals surface area contributed by atoms with Crippen molar-refractivity contribution in [2.75, 3.05) is 18.8 Å². The van der Waals surface area contributed by atoms with Crippen LogP contribution in [-0.4, -0.2) is 40.3 Å². The normalized spacial score (nSPS) is 21.8. The minimum Gasteiger partial charge on any atom is -0.486 e. The topological polar surface area (TPSA) is 122 Å². The number of anilines is 1. The number of aryl methyl sites for hydroxylation is 1. The molecule has 2 aliphatic heterocycles. The van der Waals surface area contributed by atoms with Crippen LogP contribution in [-0.2, 0) is 12.8 Å². The van der Waals surface area contributed by atoms with Crippen molar-refractivity contribution in [3.8, 4) is 11.8 Å². The number of ether oxygens (including phenoxy) is 1. The molecule has 1 spiro atoms. The lowest BCUT2D eigenvalue weighted by Crippen LogP contribution is -2.54. The summed E-state index contributed by atoms with van der Waals surface area (Å²) in [4.78, 5) is 25.9. The number of piperidine rings is 1. The molecule has 164 valence electrons. The molecule has 1 unspecified atom stereocenters. The molecule has 32 heavy (non-hydrogen) atoms. The summed E-state index contributed by atoms with van der Waals surface area (Å²) in [5.41, 5.74) is 8.56. The second-order valence-corrected chi connectivity index (χ2v) is 9.08. The van der Waals surface area contributed by atoms with E-state index in [9.17, 15) is 14.9 Å². The van der Waals surface area contributed by atoms with E-state index >= 15 is 0 Å². The number of nitrogens with two attached hydrogens (primary N) is 1. The molecule has 1 atom stereocenters. The zero-order valence-electron chi connectivity index (χ0n) is 17.7. The van der Waals surface area contributed by atoms with E-state index in [2.05, 4.69) is 17.0 Å². The highest BCUT2D eigenvalue weighted by atomic mass is 16.6. The van der Waals surface area contributed by atoms with Crippen molar-refractivity contribution >= 4 is 17.2 Å². The van der Waals surface area contributed by atoms with E-state index in [4.69, 9.17) is 15.7 Å². The summed E-state index contributed by atoms with van der Waals surface area (Å²) in [5, 5.41) is 20.3. The SMILES string of the molecule is N#Cc1ccc2c(c1)CCC(N1CCC3(CC1)CC(=O)c1cc([N+](=O)[O-])c(N)cc1O3)C2. The van der Waals surface area contributed by atoms with Crippen LogP contribution >= 0.6 is 0 Å². The number of nitriles is 1. The summed E-state index contributed by atoms with van der Waals surface area (Å²) in [7, 11) is 0. The van der Waals surface area contributed by atoms with Gasteiger partial charge in [-0.15, -0.1) is 0 Å². The monoisotopic (exact) mass is 432 g/mol. The third kappa shape index (κ3) is 3.49. The summed E-state index contributed by atoms with van der Waals surface area (Å²) in [6.45, 7) is 1.67. The zero-order valence-corrected chi connectivity index (χ0v) is 17.7. The smallest absolute Gasteiger partial charge is 0.293 e. The second kappa shape index (κ2) is 7.61. The van der Waals surface area contributed by atoms with Crippen LogP contribution in [0, 0.1) is 21.4 Å². The lowest BCUT2D eigenvalue weighted by molar-refractivity contribution is -0.384. The predicted octanol–water partition coefficient (Wildman–Crippen LogP) is 3.41. The number of rotatable bonds is 2. The number of fused-ring (bicyclic) bond motifs is 2. The van der Waals surface area contributed by atoms with Gasteiger partial charge in [0.25, 0.3) is 5.69 Å². The second-order valence-electron chi connectivity index (χ2n) is 9.08. The van der Waals surface area contributed by atoms with E-state index in [0.29, 0.717) is 17.4 Å². The average molecular weight is 432 g/mol. The summed E-state index contributed by atoms with van der Waals surface area (Å²) >= 11 is 0. The van der Waals surface area contributed by atoms with Gasteiger partial charge in [-0.3, -0.25) is 19.8 Å². The fraction of sp³-hybridized carbons (Fsp3) is 0.417. The van der Waals surface area contributed by atoms with Crippen molar-refractivity contribution in [1.29, 1.82) is 5.26 Å². The summed E-state index contributed by atoms with van der Waals surface area (Å²) in [6, 6.07) is 11.3. The molecular weight excluding hydrogens is 408 g/mol. The van der Waals surface area contributed by atoms with Gasteiger partial charge >= 0.3 is 0 Å². The van der Waals surface area contributed by atoms with Gasteiger partial charge in [0, 0.05) is 44.1 Å². The van der Waals surface area contributed by atoms with Crippen LogP contribution in [0.5, 0.6) is 5.75 Å². The molecule has 2 aromatic rings. The van der Waals surface area contributed by atoms with Crippen molar-refractivity contribution in [2.24, 2.45) is 0 Å². The van der Waals surface area contributed by atoms with Crippen LogP contribution in [0.4, 0.5) is 11.4 Å². The molecule has 1 aliphatic carbocycles. The molecule has 2 aromatic carbocycles. The molecule has 0 amide bonds. The molecule has 2 N–H and O–H groups in total. The molecule has 8 nitrogen and oxygen atoms in total. The maximum absolute atomic E-state index is 12.8. The minimum atomic E-state index is -0.574. The number of Topliss-reactive ketones (excluding diaryl/α,β-unsaturated/α-hetero) is 1. The number of nitro benzene ring substituents is 1. The predicted molar refractivity (Wildman–Crippen MR) is 118 cm³/mol. The van der Waals surface area contributed by atoms with Gasteiger partial charge in [-0.2, -0.15) is 5.26 Å². The van der Waals surface area contributed by atoms with Gasteiger partial charge < -0.3 is 10.5 Å². The van der Waals surface area contributed by atoms with E-state index in [1.807, 2.05) is 12.1 Å². The van der Waals surface area contributed by atoms with E-state index in [1.54, 1.807) is 0 Å². The van der Waals surface area contributed by atoms with Gasteiger partial charge in [0.2, 0.25) is 0 Å². The number of carbonyl (C=O) groups is 1. The number of hydrogen-bond acceptors (Lipinski definition) is 7. The van der Waals surface area contributed by atoms with Gasteiger partial charge in [-0.25, -0.2) is 0 Å². The summed E-state index contributed by atoms with van der Waals surface area (Å²) in [6.07, 6.45) is 4.68. The fourth-order valence-electron chi connectivity index (χ4n) is 5.39. The number of nitrogens with zero attached hydrogens (tertiary/aromatic N) is 3. The van der Waals surface area contributed by atoms with Crippen LogP contribution in [0.3, 0.4) is 0 Å². The zero-order chi connectivity index (χ0) is 22.5. The molecule has 0 aromatic heterocycles. The molecule has 5 rings (SSSR count). The van der Waals surface area contributed by atoms with Crippen molar-refractivity contribution in [3.05, 3.63) is 62.7 Å². The quantitative estimate of drug-likeness (QED) is 0.438. The first-order chi connectivity index (χ1) is 15.4. The summed E-state index contributed by atoms with van der Waals surface area (Å²) < 4.78 is 6.28. The molecule has 2 heterocycles. The Balaban J connectivity index is 1.29. The number of hydrogen-bond donors (Lipinski definition) is 1. The molecule has 3 aliphatic rings. The van der Waals surface area contributed by atoms with Crippen molar-refractivity contribution in [2.45, 2.75) is 50.2 Å². The van der Waals surface area contributed by atoms with Gasteiger partial charge in [0.15, 0.2) is 5.78 Å². The summed E-state index contributed by atoms with van der Waals surface area (Å²) in [5.74, 6) is 0.236. The number of nitrogen functional groups attached to an aromatic ring is 1. The van der Waals surface area contributed by atoms with Crippen molar-refractivity contribution in [3.63, 3.8) is 0 Å². The largest absolute Gasteiger partial charge is 0.486 e. The van der Waals surface area contributed by atoms with E-state index < -0.39 is 10.5 Å². The maximum Gasteiger partial charge on any atom is 0.293 e. The highest BCUT2D eigenvalue weighted by molar-refractivity contribution is 6.01. The molecule has 0 radical (unpaired) electrons. The number of carbonyl (C=O) groups excluding carboxylic acids is 1. The minimum absolute atomic E-state index is 0.0106. The van der Waals surface area contributed by atoms with Gasteiger partial charge in [0.05, 0.1) is 28.5 Å². The Bertz CT molecular complexity index is 1160. The molecule has 0 bridgehead atoms. The Morgan fingerprint density at radius 1 is 1.22 bits per heavy atom. The first-order valence-electron chi connectivity index (χ1n) is 10.9. The van der Waals surface area contributed by atoms with E-state index in [-0.39, 0.29) is 29.1 Å². The number of ketones is 1. The van der Waals surface area contributed by atoms with Crippen molar-refractivity contribution < 1.29 is 14.5 Å². The van der Waals surface area contributed by atoms with Crippen LogP contribution < -0.4 is 10.5 Å². The Labute approximate surface area is 185 Å². The molecule has 8 heteroatoms. The standard InChI is InChI=1S/C24H24N4O4/c25-14-15-1-2-17-10-18(4-3-16(17)9-15)27-7-5-24(6-8-27)13-22(29)19-11-21(28(30)31)20(26)12-23(19)32-24/h1-2,9,11-12,18H,3-8,10,13,26H2. The Kier molecular flexibility index (Phi) is 4.86. The number of benzene rings is 2. The van der Waals surface area contributed by atoms with Gasteiger partial charge in [-0.1, -0.05) is 6.07 Å². The highest BCUT2D eigenvalue weighted by Crippen LogP contribution is 2.43. The fourth-order valence-corrected chi connectivity index (χ4v) is 5.39. The number of nitro groups is 1. The molecule has 1 saturated heterocycles. The molecule has 1 fully saturated rings. The van der Waals surface area contributed by atoms with E-state index in [0.717, 1.165) is 45.2 Å². The first kappa shape index (κ1) is 20.5. The maximum atomic E-state index is 12.8. The third-order valence-corrected chi connectivity index (χ3v) is 7.20. The number of likely N-dealkylation sites (tertiary alicyclic amines) is 1. The van der Waals surface area contributed by atoms with Crippen LogP contribution in [0.25, 0.3) is 0 Å². The van der Waals surface area contributed by atoms with Gasteiger partial charge in [-0.05, 0) is 42.5 Å². The van der Waals surface area contributed by atoms with Crippen molar-refractivity contribution in [1.82, 2.24) is 4.90 Å². The van der Waals surface area contributed by atoms with E-state index in [1.165, 1.54) is 23.3 Å². The Morgan fingerprint density at radius 3 is 2.72 bits per heavy atom. The lowest BCUT2D eigenvalue weighted by Gasteiger charge is -2.46. The first-order valence-corrected chi connectivity index (χ1v) is 10.9. The highest BCUT2D eigenvalue weighted by Gasteiger charge is 2.44. The van der Waals surface area contributed by atoms with Crippen LogP contribution in [0.1, 0.15) is 52.7 Å².